The van der Waals surface area contributed by atoms with Gasteiger partial charge in [0.05, 0.1) is 0 Å². The van der Waals surface area contributed by atoms with Crippen molar-refractivity contribution in [2.75, 3.05) is 0 Å². The lowest BCUT2D eigenvalue weighted by molar-refractivity contribution is 1.22. The molecule has 0 radical (unpaired) electrons. The molecule has 0 aromatic rings. The maximum atomic E-state index is 3.51. The van der Waals surface area contributed by atoms with Gasteiger partial charge < -0.3 is 0 Å². The SMILES string of the molecule is C.C=CC=CCC. The first-order chi connectivity index (χ1) is 2.91. The molecule has 0 saturated heterocycles. The van der Waals surface area contributed by atoms with Crippen molar-refractivity contribution < 1.29 is 0 Å². The third-order valence-electron chi connectivity index (χ3n) is 0.508. The van der Waals surface area contributed by atoms with Gasteiger partial charge in [-0.2, -0.15) is 0 Å². The molecule has 0 aliphatic rings. The van der Waals surface area contributed by atoms with Gasteiger partial charge in [-0.1, -0.05) is 39.2 Å². The first-order valence-corrected chi connectivity index (χ1v) is 2.19. The molecule has 0 aromatic heterocycles. The van der Waals surface area contributed by atoms with Gasteiger partial charge in [0.15, 0.2) is 0 Å². The summed E-state index contributed by atoms with van der Waals surface area (Å²) < 4.78 is 0. The van der Waals surface area contributed by atoms with E-state index in [-0.39, 0.29) is 7.43 Å². The summed E-state index contributed by atoms with van der Waals surface area (Å²) >= 11 is 0. The van der Waals surface area contributed by atoms with E-state index in [1.165, 1.54) is 0 Å². The van der Waals surface area contributed by atoms with E-state index in [0.717, 1.165) is 6.42 Å². The standard InChI is InChI=1S/C6H10.CH4/c1-3-5-6-4-2;/h3,5-6H,1,4H2,2H3;1H4. The molecule has 0 rings (SSSR count). The van der Waals surface area contributed by atoms with Crippen LogP contribution in [0.15, 0.2) is 24.8 Å². The highest BCUT2D eigenvalue weighted by Crippen LogP contribution is 1.76. The average molecular weight is 98.2 g/mol. The Morgan fingerprint density at radius 2 is 2.14 bits per heavy atom. The third kappa shape index (κ3) is 10.8. The Bertz CT molecular complexity index is 51.1. The number of hydrogen-bond donors (Lipinski definition) is 0. The van der Waals surface area contributed by atoms with Crippen LogP contribution in [0.5, 0.6) is 0 Å². The second-order valence-corrected chi connectivity index (χ2v) is 1.07. The van der Waals surface area contributed by atoms with Crippen molar-refractivity contribution in [2.24, 2.45) is 0 Å². The molecular weight excluding hydrogens is 84.1 g/mol. The molecule has 7 heavy (non-hydrogen) atoms. The van der Waals surface area contributed by atoms with E-state index in [1.807, 2.05) is 6.08 Å². The van der Waals surface area contributed by atoms with Crippen molar-refractivity contribution in [1.82, 2.24) is 0 Å². The molecule has 0 fully saturated rings. The van der Waals surface area contributed by atoms with Gasteiger partial charge in [-0.25, -0.2) is 0 Å². The fourth-order valence-electron chi connectivity index (χ4n) is 0.232. The Morgan fingerprint density at radius 1 is 1.57 bits per heavy atom. The first kappa shape index (κ1) is 9.70. The normalized spacial score (nSPS) is 8.14. The van der Waals surface area contributed by atoms with Crippen molar-refractivity contribution in [1.29, 1.82) is 0 Å². The lowest BCUT2D eigenvalue weighted by atomic mass is 10.4. The molecule has 0 saturated carbocycles. The molecule has 0 aliphatic carbocycles. The molecule has 0 spiro atoms. The molecule has 0 N–H and O–H groups in total. The average Bonchev–Trinajstić information content (AvgIpc) is 1.61. The summed E-state index contributed by atoms with van der Waals surface area (Å²) in [6.45, 7) is 5.61. The van der Waals surface area contributed by atoms with E-state index >= 15 is 0 Å². The van der Waals surface area contributed by atoms with Gasteiger partial charge in [0, 0.05) is 0 Å². The predicted molar refractivity (Wildman–Crippen MR) is 36.4 cm³/mol. The van der Waals surface area contributed by atoms with E-state index < -0.39 is 0 Å². The molecule has 0 heterocycles. The molecule has 0 aliphatic heterocycles. The monoisotopic (exact) mass is 98.1 g/mol. The van der Waals surface area contributed by atoms with Crippen LogP contribution in [0.4, 0.5) is 0 Å². The summed E-state index contributed by atoms with van der Waals surface area (Å²) in [7, 11) is 0. The summed E-state index contributed by atoms with van der Waals surface area (Å²) in [5.41, 5.74) is 0. The Hall–Kier alpha value is -0.520. The number of hydrogen-bond acceptors (Lipinski definition) is 0. The summed E-state index contributed by atoms with van der Waals surface area (Å²) in [6, 6.07) is 0. The lowest BCUT2D eigenvalue weighted by Crippen LogP contribution is -1.46. The maximum Gasteiger partial charge on any atom is -0.0376 e. The molecule has 0 unspecified atom stereocenters. The number of allylic oxidation sites excluding steroid dienone is 3. The van der Waals surface area contributed by atoms with Gasteiger partial charge in [0.2, 0.25) is 0 Å². The minimum absolute atomic E-state index is 0. The van der Waals surface area contributed by atoms with Gasteiger partial charge in [-0.3, -0.25) is 0 Å². The molecule has 0 aromatic carbocycles. The van der Waals surface area contributed by atoms with Crippen LogP contribution in [0.25, 0.3) is 0 Å². The number of rotatable bonds is 2. The second kappa shape index (κ2) is 9.08. The Balaban J connectivity index is 0. The van der Waals surface area contributed by atoms with Crippen LogP contribution in [0, 0.1) is 0 Å². The van der Waals surface area contributed by atoms with Gasteiger partial charge >= 0.3 is 0 Å². The first-order valence-electron chi connectivity index (χ1n) is 2.19. The van der Waals surface area contributed by atoms with Crippen LogP contribution in [0.2, 0.25) is 0 Å². The predicted octanol–water partition coefficient (Wildman–Crippen LogP) is 2.77. The van der Waals surface area contributed by atoms with Gasteiger partial charge in [0.25, 0.3) is 0 Å². The minimum atomic E-state index is 0. The highest BCUT2D eigenvalue weighted by atomic mass is 13.6. The smallest absolute Gasteiger partial charge is 0.0376 e. The fraction of sp³-hybridized carbons (Fsp3) is 0.429. The third-order valence-corrected chi connectivity index (χ3v) is 0.508. The van der Waals surface area contributed by atoms with E-state index in [1.54, 1.807) is 6.08 Å². The van der Waals surface area contributed by atoms with Crippen molar-refractivity contribution in [3.8, 4) is 0 Å². The zero-order valence-corrected chi connectivity index (χ0v) is 4.15. The molecule has 0 atom stereocenters. The van der Waals surface area contributed by atoms with Crippen molar-refractivity contribution in [2.45, 2.75) is 20.8 Å². The molecule has 42 valence electrons. The summed E-state index contributed by atoms with van der Waals surface area (Å²) in [5, 5.41) is 0. The van der Waals surface area contributed by atoms with Crippen molar-refractivity contribution in [3.05, 3.63) is 24.8 Å². The van der Waals surface area contributed by atoms with E-state index in [2.05, 4.69) is 19.6 Å². The lowest BCUT2D eigenvalue weighted by Gasteiger charge is -1.67. The molecule has 0 nitrogen and oxygen atoms in total. The Morgan fingerprint density at radius 3 is 2.29 bits per heavy atom. The quantitative estimate of drug-likeness (QED) is 0.466. The van der Waals surface area contributed by atoms with Crippen LogP contribution >= 0.6 is 0 Å². The molecule has 0 amide bonds. The van der Waals surface area contributed by atoms with Crippen molar-refractivity contribution >= 4 is 0 Å². The van der Waals surface area contributed by atoms with Crippen LogP contribution in [0.1, 0.15) is 20.8 Å². The topological polar surface area (TPSA) is 0 Å². The van der Waals surface area contributed by atoms with Crippen LogP contribution in [-0.2, 0) is 0 Å². The van der Waals surface area contributed by atoms with E-state index in [9.17, 15) is 0 Å². The van der Waals surface area contributed by atoms with Crippen LogP contribution in [0.3, 0.4) is 0 Å². The van der Waals surface area contributed by atoms with Gasteiger partial charge in [0.1, 0.15) is 0 Å². The highest BCUT2D eigenvalue weighted by Gasteiger charge is 1.55. The highest BCUT2D eigenvalue weighted by molar-refractivity contribution is 4.96. The molecular formula is C7H14. The zero-order chi connectivity index (χ0) is 4.83. The van der Waals surface area contributed by atoms with E-state index in [4.69, 9.17) is 0 Å². The zero-order valence-electron chi connectivity index (χ0n) is 4.15. The summed E-state index contributed by atoms with van der Waals surface area (Å²) in [5.74, 6) is 0. The van der Waals surface area contributed by atoms with Gasteiger partial charge in [-0.15, -0.1) is 0 Å². The van der Waals surface area contributed by atoms with E-state index in [0.29, 0.717) is 0 Å². The summed E-state index contributed by atoms with van der Waals surface area (Å²) in [6.07, 6.45) is 6.89. The van der Waals surface area contributed by atoms with Crippen LogP contribution in [-0.4, -0.2) is 0 Å². The molecule has 0 bridgehead atoms. The van der Waals surface area contributed by atoms with Crippen molar-refractivity contribution in [3.63, 3.8) is 0 Å². The summed E-state index contributed by atoms with van der Waals surface area (Å²) in [4.78, 5) is 0. The minimum Gasteiger partial charge on any atom is -0.0991 e. The Labute approximate surface area is 46.6 Å². The largest absolute Gasteiger partial charge is 0.0991 e. The van der Waals surface area contributed by atoms with Gasteiger partial charge in [-0.05, 0) is 6.42 Å². The molecule has 0 heteroatoms. The van der Waals surface area contributed by atoms with Crippen LogP contribution < -0.4 is 0 Å². The maximum absolute atomic E-state index is 3.51. The Kier molecular flexibility index (Phi) is 12.6. The second-order valence-electron chi connectivity index (χ2n) is 1.07. The fourth-order valence-corrected chi connectivity index (χ4v) is 0.232.